The summed E-state index contributed by atoms with van der Waals surface area (Å²) in [5.41, 5.74) is 8.47. The van der Waals surface area contributed by atoms with Crippen molar-refractivity contribution in [1.82, 2.24) is 0 Å². The third kappa shape index (κ3) is 3.12. The summed E-state index contributed by atoms with van der Waals surface area (Å²) in [5.74, 6) is 0.878. The number of Topliss-reactive ketones (excluding diaryl/α,β-unsaturated/α-hetero) is 1. The van der Waals surface area contributed by atoms with Gasteiger partial charge in [-0.3, -0.25) is 4.79 Å². The highest BCUT2D eigenvalue weighted by atomic mass is 16.1. The van der Waals surface area contributed by atoms with E-state index in [1.807, 2.05) is 18.2 Å². The SMILES string of the molecule is CCc1ccc(N)cc1C(=O)CC1CCCCC1. The molecule has 0 aromatic heterocycles. The summed E-state index contributed by atoms with van der Waals surface area (Å²) in [6.07, 6.45) is 7.95. The quantitative estimate of drug-likeness (QED) is 0.644. The van der Waals surface area contributed by atoms with Gasteiger partial charge in [0, 0.05) is 17.7 Å². The van der Waals surface area contributed by atoms with Crippen molar-refractivity contribution in [3.05, 3.63) is 29.3 Å². The maximum atomic E-state index is 12.4. The predicted octanol–water partition coefficient (Wildman–Crippen LogP) is 3.98. The van der Waals surface area contributed by atoms with Gasteiger partial charge in [0.05, 0.1) is 0 Å². The van der Waals surface area contributed by atoms with Crippen molar-refractivity contribution in [2.45, 2.75) is 51.9 Å². The molecule has 0 radical (unpaired) electrons. The van der Waals surface area contributed by atoms with Gasteiger partial charge in [0.25, 0.3) is 0 Å². The first-order chi connectivity index (χ1) is 8.70. The molecule has 1 fully saturated rings. The molecule has 0 heterocycles. The van der Waals surface area contributed by atoms with Gasteiger partial charge in [-0.05, 0) is 30.0 Å². The fourth-order valence-corrected chi connectivity index (χ4v) is 2.93. The Labute approximate surface area is 110 Å². The molecule has 1 aromatic rings. The van der Waals surface area contributed by atoms with Crippen LogP contribution < -0.4 is 5.73 Å². The molecule has 0 bridgehead atoms. The largest absolute Gasteiger partial charge is 0.399 e. The molecule has 0 spiro atoms. The molecule has 1 aromatic carbocycles. The van der Waals surface area contributed by atoms with Gasteiger partial charge in [-0.2, -0.15) is 0 Å². The van der Waals surface area contributed by atoms with Gasteiger partial charge in [-0.25, -0.2) is 0 Å². The summed E-state index contributed by atoms with van der Waals surface area (Å²) in [6, 6.07) is 5.73. The molecule has 0 unspecified atom stereocenters. The third-order valence-electron chi connectivity index (χ3n) is 4.01. The highest BCUT2D eigenvalue weighted by Gasteiger charge is 2.19. The lowest BCUT2D eigenvalue weighted by Crippen LogP contribution is -2.13. The van der Waals surface area contributed by atoms with E-state index >= 15 is 0 Å². The molecule has 1 aliphatic rings. The first kappa shape index (κ1) is 13.1. The van der Waals surface area contributed by atoms with E-state index in [4.69, 9.17) is 5.73 Å². The summed E-state index contributed by atoms with van der Waals surface area (Å²) in [6.45, 7) is 2.09. The molecule has 2 rings (SSSR count). The smallest absolute Gasteiger partial charge is 0.163 e. The van der Waals surface area contributed by atoms with Crippen LogP contribution in [0.5, 0.6) is 0 Å². The van der Waals surface area contributed by atoms with Crippen molar-refractivity contribution in [1.29, 1.82) is 0 Å². The van der Waals surface area contributed by atoms with Gasteiger partial charge in [0.1, 0.15) is 0 Å². The monoisotopic (exact) mass is 245 g/mol. The van der Waals surface area contributed by atoms with Gasteiger partial charge in [0.15, 0.2) is 5.78 Å². The molecule has 2 heteroatoms. The Kier molecular flexibility index (Phi) is 4.40. The Balaban J connectivity index is 2.09. The van der Waals surface area contributed by atoms with Crippen molar-refractivity contribution in [2.75, 3.05) is 5.73 Å². The van der Waals surface area contributed by atoms with Gasteiger partial charge >= 0.3 is 0 Å². The van der Waals surface area contributed by atoms with Crippen LogP contribution in [0, 0.1) is 5.92 Å². The van der Waals surface area contributed by atoms with Crippen LogP contribution in [0.3, 0.4) is 0 Å². The first-order valence-corrected chi connectivity index (χ1v) is 7.12. The van der Waals surface area contributed by atoms with E-state index in [1.165, 1.54) is 32.1 Å². The number of carbonyl (C=O) groups is 1. The zero-order valence-corrected chi connectivity index (χ0v) is 11.2. The minimum absolute atomic E-state index is 0.283. The average molecular weight is 245 g/mol. The molecule has 98 valence electrons. The molecule has 2 N–H and O–H groups in total. The molecule has 1 aliphatic carbocycles. The number of aryl methyl sites for hydroxylation is 1. The Morgan fingerprint density at radius 3 is 2.67 bits per heavy atom. The van der Waals surface area contributed by atoms with Crippen LogP contribution in [-0.4, -0.2) is 5.78 Å². The second-order valence-corrected chi connectivity index (χ2v) is 5.40. The van der Waals surface area contributed by atoms with Crippen molar-refractivity contribution in [3.63, 3.8) is 0 Å². The van der Waals surface area contributed by atoms with E-state index in [0.717, 1.165) is 17.5 Å². The predicted molar refractivity (Wildman–Crippen MR) is 75.8 cm³/mol. The Morgan fingerprint density at radius 2 is 2.00 bits per heavy atom. The van der Waals surface area contributed by atoms with E-state index in [1.54, 1.807) is 0 Å². The van der Waals surface area contributed by atoms with Crippen LogP contribution >= 0.6 is 0 Å². The van der Waals surface area contributed by atoms with Crippen molar-refractivity contribution in [3.8, 4) is 0 Å². The lowest BCUT2D eigenvalue weighted by molar-refractivity contribution is 0.0949. The van der Waals surface area contributed by atoms with Crippen LogP contribution in [0.25, 0.3) is 0 Å². The van der Waals surface area contributed by atoms with Crippen molar-refractivity contribution in [2.24, 2.45) is 5.92 Å². The van der Waals surface area contributed by atoms with E-state index in [0.29, 0.717) is 18.0 Å². The topological polar surface area (TPSA) is 43.1 Å². The molecule has 18 heavy (non-hydrogen) atoms. The highest BCUT2D eigenvalue weighted by Crippen LogP contribution is 2.28. The Morgan fingerprint density at radius 1 is 1.28 bits per heavy atom. The Bertz CT molecular complexity index is 419. The zero-order chi connectivity index (χ0) is 13.0. The molecule has 1 saturated carbocycles. The first-order valence-electron chi connectivity index (χ1n) is 7.12. The van der Waals surface area contributed by atoms with Gasteiger partial charge in [-0.15, -0.1) is 0 Å². The molecule has 2 nitrogen and oxygen atoms in total. The number of anilines is 1. The highest BCUT2D eigenvalue weighted by molar-refractivity contribution is 5.98. The van der Waals surface area contributed by atoms with E-state index in [-0.39, 0.29) is 5.78 Å². The Hall–Kier alpha value is -1.31. The zero-order valence-electron chi connectivity index (χ0n) is 11.2. The van der Waals surface area contributed by atoms with Gasteiger partial charge < -0.3 is 5.73 Å². The van der Waals surface area contributed by atoms with Crippen LogP contribution in [0.1, 0.15) is 61.4 Å². The lowest BCUT2D eigenvalue weighted by Gasteiger charge is -2.21. The summed E-state index contributed by atoms with van der Waals surface area (Å²) >= 11 is 0. The van der Waals surface area contributed by atoms with Gasteiger partial charge in [0.2, 0.25) is 0 Å². The number of carbonyl (C=O) groups excluding carboxylic acids is 1. The fraction of sp³-hybridized carbons (Fsp3) is 0.562. The van der Waals surface area contributed by atoms with E-state index in [2.05, 4.69) is 6.92 Å². The van der Waals surface area contributed by atoms with Crippen LogP contribution in [0.4, 0.5) is 5.69 Å². The summed E-state index contributed by atoms with van der Waals surface area (Å²) < 4.78 is 0. The summed E-state index contributed by atoms with van der Waals surface area (Å²) in [5, 5.41) is 0. The molecule has 0 amide bonds. The number of hydrogen-bond acceptors (Lipinski definition) is 2. The third-order valence-corrected chi connectivity index (χ3v) is 4.01. The average Bonchev–Trinajstić information content (AvgIpc) is 2.40. The maximum absolute atomic E-state index is 12.4. The van der Waals surface area contributed by atoms with Crippen LogP contribution in [0.2, 0.25) is 0 Å². The standard InChI is InChI=1S/C16H23NO/c1-2-13-8-9-14(17)11-15(13)16(18)10-12-6-4-3-5-7-12/h8-9,11-12H,2-7,10,17H2,1H3. The minimum atomic E-state index is 0.283. The number of benzene rings is 1. The number of ketones is 1. The van der Waals surface area contributed by atoms with E-state index in [9.17, 15) is 4.79 Å². The second kappa shape index (κ2) is 6.03. The molecule has 0 aliphatic heterocycles. The number of nitrogens with two attached hydrogens (primary N) is 1. The van der Waals surface area contributed by atoms with Crippen molar-refractivity contribution >= 4 is 11.5 Å². The van der Waals surface area contributed by atoms with Crippen molar-refractivity contribution < 1.29 is 4.79 Å². The maximum Gasteiger partial charge on any atom is 0.163 e. The second-order valence-electron chi connectivity index (χ2n) is 5.40. The lowest BCUT2D eigenvalue weighted by atomic mass is 9.84. The summed E-state index contributed by atoms with van der Waals surface area (Å²) in [4.78, 5) is 12.4. The molecule has 0 atom stereocenters. The normalized spacial score (nSPS) is 16.7. The minimum Gasteiger partial charge on any atom is -0.399 e. The number of rotatable bonds is 4. The molecular weight excluding hydrogens is 222 g/mol. The fourth-order valence-electron chi connectivity index (χ4n) is 2.93. The van der Waals surface area contributed by atoms with Crippen LogP contribution in [0.15, 0.2) is 18.2 Å². The van der Waals surface area contributed by atoms with Gasteiger partial charge in [-0.1, -0.05) is 45.1 Å². The molecular formula is C16H23NO. The molecule has 0 saturated heterocycles. The number of hydrogen-bond donors (Lipinski definition) is 1. The van der Waals surface area contributed by atoms with Crippen LogP contribution in [-0.2, 0) is 6.42 Å². The van der Waals surface area contributed by atoms with E-state index < -0.39 is 0 Å². The summed E-state index contributed by atoms with van der Waals surface area (Å²) in [7, 11) is 0. The number of nitrogen functional groups attached to an aromatic ring is 1.